The number of hydrogen-bond acceptors (Lipinski definition) is 10. The van der Waals surface area contributed by atoms with Crippen molar-refractivity contribution in [2.24, 2.45) is 0 Å². The fourth-order valence-electron chi connectivity index (χ4n) is 5.43. The molecule has 0 bridgehead atoms. The van der Waals surface area contributed by atoms with Crippen LogP contribution in [0.15, 0.2) is 40.6 Å². The molecular weight excluding hydrogens is 592 g/mol. The highest BCUT2D eigenvalue weighted by molar-refractivity contribution is 7.18. The first-order valence-electron chi connectivity index (χ1n) is 13.4. The second kappa shape index (κ2) is 11.3. The minimum Gasteiger partial charge on any atom is -0.491 e. The van der Waals surface area contributed by atoms with Gasteiger partial charge in [-0.05, 0) is 44.5 Å². The third kappa shape index (κ3) is 5.16. The zero-order valence-corrected chi connectivity index (χ0v) is 24.7. The van der Waals surface area contributed by atoms with Gasteiger partial charge in [0.05, 0.1) is 45.5 Å². The summed E-state index contributed by atoms with van der Waals surface area (Å²) in [6, 6.07) is 9.18. The topological polar surface area (TPSA) is 154 Å². The maximum Gasteiger partial charge on any atom is 0.338 e. The number of anilines is 1. The number of carboxylic acids is 1. The first kappa shape index (κ1) is 28.5. The molecule has 1 unspecified atom stereocenters. The van der Waals surface area contributed by atoms with Gasteiger partial charge < -0.3 is 19.8 Å². The fraction of sp³-hybridized carbons (Fsp3) is 0.267. The Morgan fingerprint density at radius 2 is 2.07 bits per heavy atom. The maximum atomic E-state index is 13.7. The van der Waals surface area contributed by atoms with Gasteiger partial charge in [-0.15, -0.1) is 11.3 Å². The molecule has 1 saturated heterocycles. The number of fused-ring (bicyclic) bond motifs is 2. The monoisotopic (exact) mass is 616 g/mol. The van der Waals surface area contributed by atoms with Crippen molar-refractivity contribution < 1.29 is 19.7 Å². The van der Waals surface area contributed by atoms with E-state index in [4.69, 9.17) is 16.3 Å². The van der Waals surface area contributed by atoms with E-state index in [0.717, 1.165) is 5.56 Å². The number of nitrogens with zero attached hydrogens (tertiary/aromatic N) is 6. The van der Waals surface area contributed by atoms with Gasteiger partial charge in [0.15, 0.2) is 0 Å². The summed E-state index contributed by atoms with van der Waals surface area (Å²) in [5, 5.41) is 31.8. The lowest BCUT2D eigenvalue weighted by Crippen LogP contribution is -2.29. The summed E-state index contributed by atoms with van der Waals surface area (Å²) in [6.45, 7) is 4.61. The summed E-state index contributed by atoms with van der Waals surface area (Å²) >= 11 is 7.65. The molecule has 1 aromatic carbocycles. The van der Waals surface area contributed by atoms with Crippen LogP contribution < -0.4 is 15.2 Å². The van der Waals surface area contributed by atoms with Crippen LogP contribution in [0.4, 0.5) is 5.82 Å². The van der Waals surface area contributed by atoms with E-state index in [1.807, 2.05) is 11.0 Å². The van der Waals surface area contributed by atoms with Crippen LogP contribution in [0.25, 0.3) is 32.2 Å². The number of hydrogen-bond donors (Lipinski definition) is 2. The second-order valence-electron chi connectivity index (χ2n) is 10.3. The number of aliphatic hydroxyl groups excluding tert-OH is 1. The molecule has 5 aromatic rings. The number of benzene rings is 1. The lowest BCUT2D eigenvalue weighted by atomic mass is 10.0. The Balaban J connectivity index is 1.34. The lowest BCUT2D eigenvalue weighted by Gasteiger charge is -2.19. The van der Waals surface area contributed by atoms with Crippen LogP contribution in [0, 0.1) is 25.2 Å². The average molecular weight is 617 g/mol. The van der Waals surface area contributed by atoms with Crippen molar-refractivity contribution >= 4 is 55.8 Å². The fourth-order valence-corrected chi connectivity index (χ4v) is 6.61. The number of aliphatic hydroxyl groups is 1. The van der Waals surface area contributed by atoms with E-state index in [1.54, 1.807) is 37.4 Å². The summed E-state index contributed by atoms with van der Waals surface area (Å²) in [7, 11) is 0. The molecule has 0 saturated carbocycles. The molecule has 4 aromatic heterocycles. The van der Waals surface area contributed by atoms with Crippen molar-refractivity contribution in [2.45, 2.75) is 32.9 Å². The van der Waals surface area contributed by atoms with Crippen molar-refractivity contribution in [1.82, 2.24) is 19.5 Å². The Bertz CT molecular complexity index is 2030. The number of aromatic nitrogens is 4. The van der Waals surface area contributed by atoms with Gasteiger partial charge >= 0.3 is 5.97 Å². The number of carbonyl (C=O) groups is 1. The molecular formula is C30H25ClN6O5S. The second-order valence-corrected chi connectivity index (χ2v) is 11.6. The van der Waals surface area contributed by atoms with Gasteiger partial charge in [0.25, 0.3) is 5.56 Å². The smallest absolute Gasteiger partial charge is 0.338 e. The third-order valence-corrected chi connectivity index (χ3v) is 8.67. The molecule has 13 heteroatoms. The minimum atomic E-state index is -1.05. The van der Waals surface area contributed by atoms with Gasteiger partial charge in [-0.2, -0.15) is 5.26 Å². The van der Waals surface area contributed by atoms with Crippen molar-refractivity contribution in [3.05, 3.63) is 73.9 Å². The molecule has 218 valence electrons. The van der Waals surface area contributed by atoms with Crippen LogP contribution in [-0.2, 0) is 6.54 Å². The van der Waals surface area contributed by atoms with Gasteiger partial charge in [0.2, 0.25) is 0 Å². The normalized spacial score (nSPS) is 14.9. The summed E-state index contributed by atoms with van der Waals surface area (Å²) in [5.41, 5.74) is 2.65. The summed E-state index contributed by atoms with van der Waals surface area (Å²) in [6.07, 6.45) is 1.53. The number of nitriles is 1. The number of β-amino-alcohol motifs (C(OH)–C–C–N with tert-alkyl or cyclic N) is 1. The van der Waals surface area contributed by atoms with Crippen molar-refractivity contribution in [3.8, 4) is 22.9 Å². The number of thiophene rings is 1. The Kier molecular flexibility index (Phi) is 7.47. The van der Waals surface area contributed by atoms with Crippen LogP contribution in [0.5, 0.6) is 5.75 Å². The number of aromatic carboxylic acids is 1. The third-order valence-electron chi connectivity index (χ3n) is 7.43. The van der Waals surface area contributed by atoms with E-state index in [1.165, 1.54) is 22.1 Å². The minimum absolute atomic E-state index is 0.0960. The standard InChI is InChI=1S/C30H25ClN6O5S/c1-15-9-20(27-26(34-15)22(14-43-27)30(40)41)19-10-17(31)3-4-24(19)42-8-7-37-16(2)35-23-12-33-28(36-6-5-18(38)13-36)21(11-32)25(23)29(37)39/h3-4,9-10,12,14,18,38H,5-8,13H2,1-2H3,(H,40,41). The molecule has 1 aliphatic rings. The molecule has 0 aliphatic carbocycles. The Labute approximate surface area is 254 Å². The molecule has 0 radical (unpaired) electrons. The summed E-state index contributed by atoms with van der Waals surface area (Å²) < 4.78 is 8.36. The van der Waals surface area contributed by atoms with Crippen LogP contribution in [0.3, 0.4) is 0 Å². The molecule has 0 spiro atoms. The number of halogens is 1. The molecule has 5 heterocycles. The van der Waals surface area contributed by atoms with E-state index < -0.39 is 12.1 Å². The SMILES string of the molecule is Cc1cc(-c2cc(Cl)ccc2OCCn2c(C)nc3cnc(N4CCC(O)C4)c(C#N)c3c2=O)c2scc(C(=O)O)c2n1. The van der Waals surface area contributed by atoms with Crippen molar-refractivity contribution in [3.63, 3.8) is 0 Å². The molecule has 6 rings (SSSR count). The van der Waals surface area contributed by atoms with E-state index in [-0.39, 0.29) is 35.2 Å². The first-order chi connectivity index (χ1) is 20.7. The highest BCUT2D eigenvalue weighted by atomic mass is 35.5. The molecule has 1 fully saturated rings. The Morgan fingerprint density at radius 3 is 2.79 bits per heavy atom. The lowest BCUT2D eigenvalue weighted by molar-refractivity contribution is 0.0699. The van der Waals surface area contributed by atoms with Gasteiger partial charge in [-0.25, -0.2) is 14.8 Å². The van der Waals surface area contributed by atoms with Crippen molar-refractivity contribution in [2.75, 3.05) is 24.6 Å². The van der Waals surface area contributed by atoms with Crippen LogP contribution in [0.2, 0.25) is 5.02 Å². The van der Waals surface area contributed by atoms with Crippen LogP contribution >= 0.6 is 22.9 Å². The predicted octanol–water partition coefficient (Wildman–Crippen LogP) is 4.56. The zero-order valence-electron chi connectivity index (χ0n) is 23.2. The molecule has 11 nitrogen and oxygen atoms in total. The van der Waals surface area contributed by atoms with E-state index in [0.29, 0.717) is 68.9 Å². The number of carboxylic acid groups (broad SMARTS) is 1. The maximum absolute atomic E-state index is 13.7. The van der Waals surface area contributed by atoms with Gasteiger partial charge in [-0.1, -0.05) is 11.6 Å². The average Bonchev–Trinajstić information content (AvgIpc) is 3.60. The van der Waals surface area contributed by atoms with E-state index in [9.17, 15) is 25.1 Å². The van der Waals surface area contributed by atoms with Crippen LogP contribution in [-0.4, -0.2) is 61.5 Å². The van der Waals surface area contributed by atoms with Gasteiger partial charge in [0.1, 0.15) is 35.6 Å². The van der Waals surface area contributed by atoms with Crippen LogP contribution in [0.1, 0.15) is 33.9 Å². The largest absolute Gasteiger partial charge is 0.491 e. The van der Waals surface area contributed by atoms with Gasteiger partial charge in [0, 0.05) is 40.3 Å². The quantitative estimate of drug-likeness (QED) is 0.266. The van der Waals surface area contributed by atoms with E-state index in [2.05, 4.69) is 21.0 Å². The van der Waals surface area contributed by atoms with E-state index >= 15 is 0 Å². The number of pyridine rings is 2. The Hall–Kier alpha value is -4.57. The Morgan fingerprint density at radius 1 is 1.26 bits per heavy atom. The molecule has 0 amide bonds. The molecule has 1 aliphatic heterocycles. The zero-order chi connectivity index (χ0) is 30.4. The highest BCUT2D eigenvalue weighted by Crippen LogP contribution is 2.40. The van der Waals surface area contributed by atoms with Crippen molar-refractivity contribution in [1.29, 1.82) is 5.26 Å². The molecule has 2 N–H and O–H groups in total. The van der Waals surface area contributed by atoms with Gasteiger partial charge in [-0.3, -0.25) is 14.3 Å². The number of rotatable bonds is 7. The first-order valence-corrected chi connectivity index (χ1v) is 14.7. The number of aryl methyl sites for hydroxylation is 2. The number of ether oxygens (including phenoxy) is 1. The summed E-state index contributed by atoms with van der Waals surface area (Å²) in [4.78, 5) is 40.7. The highest BCUT2D eigenvalue weighted by Gasteiger charge is 2.26. The summed E-state index contributed by atoms with van der Waals surface area (Å²) in [5.74, 6) is 0.251. The molecule has 1 atom stereocenters. The predicted molar refractivity (Wildman–Crippen MR) is 163 cm³/mol. The molecule has 43 heavy (non-hydrogen) atoms.